The predicted octanol–water partition coefficient (Wildman–Crippen LogP) is 2.85. The highest BCUT2D eigenvalue weighted by Crippen LogP contribution is 2.30. The maximum atomic E-state index is 13.3. The highest BCUT2D eigenvalue weighted by molar-refractivity contribution is 5.28. The van der Waals surface area contributed by atoms with E-state index in [2.05, 4.69) is 12.2 Å². The van der Waals surface area contributed by atoms with Crippen LogP contribution in [0, 0.1) is 12.7 Å². The third-order valence-corrected chi connectivity index (χ3v) is 4.56. The minimum atomic E-state index is -0.199. The van der Waals surface area contributed by atoms with E-state index in [-0.39, 0.29) is 17.5 Å². The molecule has 21 heavy (non-hydrogen) atoms. The lowest BCUT2D eigenvalue weighted by atomic mass is 9.82. The number of halogens is 1. The Hall–Kier alpha value is -0.970. The molecule has 118 valence electrons. The Labute approximate surface area is 126 Å². The molecule has 1 unspecified atom stereocenters. The van der Waals surface area contributed by atoms with Crippen LogP contribution in [-0.4, -0.2) is 38.5 Å². The lowest BCUT2D eigenvalue weighted by Gasteiger charge is -2.43. The van der Waals surface area contributed by atoms with E-state index in [4.69, 9.17) is 9.47 Å². The van der Waals surface area contributed by atoms with Gasteiger partial charge in [0.2, 0.25) is 0 Å². The Morgan fingerprint density at radius 1 is 1.38 bits per heavy atom. The topological polar surface area (TPSA) is 30.5 Å². The van der Waals surface area contributed by atoms with Crippen molar-refractivity contribution in [3.8, 4) is 0 Å². The van der Waals surface area contributed by atoms with Crippen molar-refractivity contribution in [2.45, 2.75) is 44.8 Å². The van der Waals surface area contributed by atoms with Gasteiger partial charge in [0.25, 0.3) is 0 Å². The highest BCUT2D eigenvalue weighted by atomic mass is 19.1. The molecule has 3 nitrogen and oxygen atoms in total. The molecule has 0 saturated carbocycles. The summed E-state index contributed by atoms with van der Waals surface area (Å²) in [4.78, 5) is 0. The lowest BCUT2D eigenvalue weighted by Crippen LogP contribution is -2.56. The second-order valence-electron chi connectivity index (χ2n) is 5.77. The second-order valence-corrected chi connectivity index (χ2v) is 5.77. The molecule has 0 amide bonds. The predicted molar refractivity (Wildman–Crippen MR) is 82.1 cm³/mol. The molecule has 0 aliphatic carbocycles. The van der Waals surface area contributed by atoms with Crippen molar-refractivity contribution >= 4 is 0 Å². The van der Waals surface area contributed by atoms with Crippen molar-refractivity contribution in [2.24, 2.45) is 0 Å². The zero-order valence-electron chi connectivity index (χ0n) is 13.2. The molecule has 1 aromatic carbocycles. The standard InChI is InChI=1S/C17H26FNO2/c1-4-19-16(17(20-3)7-9-21-10-8-17)12-14-5-6-15(18)11-13(14)2/h5-6,11,16,19H,4,7-10,12H2,1-3H3. The van der Waals surface area contributed by atoms with E-state index in [1.165, 1.54) is 11.6 Å². The Balaban J connectivity index is 2.21. The quantitative estimate of drug-likeness (QED) is 0.875. The van der Waals surface area contributed by atoms with Gasteiger partial charge in [0.05, 0.1) is 5.60 Å². The third kappa shape index (κ3) is 3.82. The van der Waals surface area contributed by atoms with E-state index < -0.39 is 0 Å². The van der Waals surface area contributed by atoms with E-state index in [0.717, 1.165) is 44.6 Å². The molecule has 1 aromatic rings. The Bertz CT molecular complexity index is 458. The van der Waals surface area contributed by atoms with Gasteiger partial charge in [-0.25, -0.2) is 4.39 Å². The van der Waals surface area contributed by atoms with Crippen molar-refractivity contribution in [3.63, 3.8) is 0 Å². The Kier molecular flexibility index (Phi) is 5.73. The first-order valence-corrected chi connectivity index (χ1v) is 7.72. The monoisotopic (exact) mass is 295 g/mol. The molecule has 4 heteroatoms. The van der Waals surface area contributed by atoms with Gasteiger partial charge in [0.1, 0.15) is 5.82 Å². The lowest BCUT2D eigenvalue weighted by molar-refractivity contribution is -0.110. The molecule has 0 radical (unpaired) electrons. The summed E-state index contributed by atoms with van der Waals surface area (Å²) < 4.78 is 24.7. The molecular formula is C17H26FNO2. The molecular weight excluding hydrogens is 269 g/mol. The fourth-order valence-corrected chi connectivity index (χ4v) is 3.21. The van der Waals surface area contributed by atoms with Gasteiger partial charge in [-0.1, -0.05) is 13.0 Å². The van der Waals surface area contributed by atoms with Gasteiger partial charge in [-0.3, -0.25) is 0 Å². The van der Waals surface area contributed by atoms with Crippen LogP contribution in [0.2, 0.25) is 0 Å². The third-order valence-electron chi connectivity index (χ3n) is 4.56. The van der Waals surface area contributed by atoms with Gasteiger partial charge in [0, 0.05) is 39.2 Å². The molecule has 1 saturated heterocycles. The summed E-state index contributed by atoms with van der Waals surface area (Å²) in [6.45, 7) is 6.42. The number of aryl methyl sites for hydroxylation is 1. The summed E-state index contributed by atoms with van der Waals surface area (Å²) >= 11 is 0. The van der Waals surface area contributed by atoms with E-state index >= 15 is 0 Å². The normalized spacial score (nSPS) is 19.4. The smallest absolute Gasteiger partial charge is 0.123 e. The van der Waals surface area contributed by atoms with E-state index in [1.54, 1.807) is 13.2 Å². The second kappa shape index (κ2) is 7.34. The summed E-state index contributed by atoms with van der Waals surface area (Å²) in [6, 6.07) is 5.23. The van der Waals surface area contributed by atoms with Crippen molar-refractivity contribution in [3.05, 3.63) is 35.1 Å². The fourth-order valence-electron chi connectivity index (χ4n) is 3.21. The highest BCUT2D eigenvalue weighted by Gasteiger charge is 2.40. The van der Waals surface area contributed by atoms with Crippen LogP contribution in [0.4, 0.5) is 4.39 Å². The number of methoxy groups -OCH3 is 1. The first-order valence-electron chi connectivity index (χ1n) is 7.72. The summed E-state index contributed by atoms with van der Waals surface area (Å²) in [5.41, 5.74) is 1.97. The molecule has 1 aliphatic rings. The zero-order valence-corrected chi connectivity index (χ0v) is 13.2. The van der Waals surface area contributed by atoms with Crippen LogP contribution in [-0.2, 0) is 15.9 Å². The fraction of sp³-hybridized carbons (Fsp3) is 0.647. The molecule has 1 fully saturated rings. The summed E-state index contributed by atoms with van der Waals surface area (Å²) in [6.07, 6.45) is 2.62. The molecule has 2 rings (SSSR count). The number of nitrogens with one attached hydrogen (secondary N) is 1. The molecule has 1 N–H and O–H groups in total. The average Bonchev–Trinajstić information content (AvgIpc) is 2.50. The number of hydrogen-bond acceptors (Lipinski definition) is 3. The van der Waals surface area contributed by atoms with E-state index in [1.807, 2.05) is 13.0 Å². The Morgan fingerprint density at radius 3 is 2.67 bits per heavy atom. The zero-order chi connectivity index (χ0) is 15.3. The number of ether oxygens (including phenoxy) is 2. The molecule has 0 bridgehead atoms. The van der Waals surface area contributed by atoms with Gasteiger partial charge in [-0.2, -0.15) is 0 Å². The van der Waals surface area contributed by atoms with Gasteiger partial charge < -0.3 is 14.8 Å². The molecule has 0 aromatic heterocycles. The van der Waals surface area contributed by atoms with Gasteiger partial charge in [-0.15, -0.1) is 0 Å². The van der Waals surface area contributed by atoms with Crippen LogP contribution in [0.3, 0.4) is 0 Å². The van der Waals surface area contributed by atoms with E-state index in [9.17, 15) is 4.39 Å². The van der Waals surface area contributed by atoms with E-state index in [0.29, 0.717) is 0 Å². The van der Waals surface area contributed by atoms with Gasteiger partial charge in [-0.05, 0) is 43.1 Å². The van der Waals surface area contributed by atoms with Crippen LogP contribution in [0.5, 0.6) is 0 Å². The summed E-state index contributed by atoms with van der Waals surface area (Å²) in [5.74, 6) is -0.177. The van der Waals surface area contributed by atoms with Gasteiger partial charge >= 0.3 is 0 Å². The number of benzene rings is 1. The van der Waals surface area contributed by atoms with Crippen LogP contribution in [0.25, 0.3) is 0 Å². The molecule has 1 heterocycles. The summed E-state index contributed by atoms with van der Waals surface area (Å²) in [5, 5.41) is 3.56. The number of rotatable bonds is 6. The minimum Gasteiger partial charge on any atom is -0.381 e. The van der Waals surface area contributed by atoms with Crippen LogP contribution >= 0.6 is 0 Å². The maximum absolute atomic E-state index is 13.3. The van der Waals surface area contributed by atoms with Crippen molar-refractivity contribution in [1.82, 2.24) is 5.32 Å². The molecule has 0 spiro atoms. The minimum absolute atomic E-state index is 0.177. The first kappa shape index (κ1) is 16.4. The maximum Gasteiger partial charge on any atom is 0.123 e. The van der Waals surface area contributed by atoms with Crippen molar-refractivity contribution < 1.29 is 13.9 Å². The van der Waals surface area contributed by atoms with Crippen molar-refractivity contribution in [1.29, 1.82) is 0 Å². The average molecular weight is 295 g/mol. The molecule has 1 aliphatic heterocycles. The van der Waals surface area contributed by atoms with Crippen molar-refractivity contribution in [2.75, 3.05) is 26.9 Å². The Morgan fingerprint density at radius 2 is 2.10 bits per heavy atom. The molecule has 1 atom stereocenters. The van der Waals surface area contributed by atoms with Gasteiger partial charge in [0.15, 0.2) is 0 Å². The summed E-state index contributed by atoms with van der Waals surface area (Å²) in [7, 11) is 1.78. The number of hydrogen-bond donors (Lipinski definition) is 1. The van der Waals surface area contributed by atoms with Crippen LogP contribution in [0.1, 0.15) is 30.9 Å². The SMILES string of the molecule is CCNC(Cc1ccc(F)cc1C)C1(OC)CCOCC1. The van der Waals surface area contributed by atoms with Crippen LogP contribution < -0.4 is 5.32 Å². The largest absolute Gasteiger partial charge is 0.381 e. The van der Waals surface area contributed by atoms with Crippen LogP contribution in [0.15, 0.2) is 18.2 Å². The first-order chi connectivity index (χ1) is 10.1. The number of likely N-dealkylation sites (N-methyl/N-ethyl adjacent to an activating group) is 1.